The maximum absolute atomic E-state index is 11.5. The number of imidazole rings is 1. The third-order valence-electron chi connectivity index (χ3n) is 2.24. The summed E-state index contributed by atoms with van der Waals surface area (Å²) in [5.74, 6) is -0.489. The Kier molecular flexibility index (Phi) is 2.39. The van der Waals surface area contributed by atoms with E-state index in [0.29, 0.717) is 16.6 Å². The summed E-state index contributed by atoms with van der Waals surface area (Å²) in [4.78, 5) is 18.4. The average Bonchev–Trinajstić information content (AvgIpc) is 2.74. The standard InChI is InChI=1S/C10H10N2O3/c1-15-10(14)8-6(4-13)2-3-7-9(8)12-5-11-7/h2-3,5,13H,4H2,1H3,(H,11,12). The van der Waals surface area contributed by atoms with Crippen molar-refractivity contribution in [3.63, 3.8) is 0 Å². The molecule has 0 aliphatic carbocycles. The second-order valence-electron chi connectivity index (χ2n) is 3.05. The minimum atomic E-state index is -0.489. The van der Waals surface area contributed by atoms with Crippen molar-refractivity contribution >= 4 is 17.0 Å². The van der Waals surface area contributed by atoms with Crippen LogP contribution in [-0.4, -0.2) is 28.2 Å². The molecule has 0 aliphatic heterocycles. The Morgan fingerprint density at radius 2 is 2.40 bits per heavy atom. The summed E-state index contributed by atoms with van der Waals surface area (Å²) in [6.07, 6.45) is 1.50. The predicted octanol–water partition coefficient (Wildman–Crippen LogP) is 0.842. The zero-order valence-electron chi connectivity index (χ0n) is 8.15. The monoisotopic (exact) mass is 206 g/mol. The Hall–Kier alpha value is -1.88. The Morgan fingerprint density at radius 3 is 3.07 bits per heavy atom. The molecule has 5 nitrogen and oxygen atoms in total. The summed E-state index contributed by atoms with van der Waals surface area (Å²) in [5, 5.41) is 9.11. The number of fused-ring (bicyclic) bond motifs is 1. The zero-order valence-corrected chi connectivity index (χ0v) is 8.15. The number of rotatable bonds is 2. The van der Waals surface area contributed by atoms with Crippen LogP contribution in [0.5, 0.6) is 0 Å². The van der Waals surface area contributed by atoms with Gasteiger partial charge in [0.25, 0.3) is 0 Å². The van der Waals surface area contributed by atoms with Gasteiger partial charge in [-0.2, -0.15) is 0 Å². The molecule has 0 atom stereocenters. The molecular weight excluding hydrogens is 196 g/mol. The number of nitrogens with one attached hydrogen (secondary N) is 1. The smallest absolute Gasteiger partial charge is 0.340 e. The van der Waals surface area contributed by atoms with Crippen LogP contribution in [0.1, 0.15) is 15.9 Å². The van der Waals surface area contributed by atoms with Crippen molar-refractivity contribution in [2.75, 3.05) is 7.11 Å². The number of benzene rings is 1. The summed E-state index contributed by atoms with van der Waals surface area (Å²) >= 11 is 0. The van der Waals surface area contributed by atoms with E-state index in [-0.39, 0.29) is 6.61 Å². The second kappa shape index (κ2) is 3.70. The van der Waals surface area contributed by atoms with Gasteiger partial charge in [0.1, 0.15) is 5.52 Å². The lowest BCUT2D eigenvalue weighted by molar-refractivity contribution is 0.0599. The number of esters is 1. The number of hydrogen-bond acceptors (Lipinski definition) is 4. The van der Waals surface area contributed by atoms with E-state index in [0.717, 1.165) is 5.52 Å². The fourth-order valence-electron chi connectivity index (χ4n) is 1.51. The summed E-state index contributed by atoms with van der Waals surface area (Å²) in [5.41, 5.74) is 2.10. The van der Waals surface area contributed by atoms with E-state index >= 15 is 0 Å². The van der Waals surface area contributed by atoms with Gasteiger partial charge in [-0.15, -0.1) is 0 Å². The van der Waals surface area contributed by atoms with Crippen LogP contribution >= 0.6 is 0 Å². The number of aliphatic hydroxyl groups is 1. The molecule has 2 rings (SSSR count). The number of hydrogen-bond donors (Lipinski definition) is 2. The van der Waals surface area contributed by atoms with Crippen molar-refractivity contribution < 1.29 is 14.6 Å². The summed E-state index contributed by atoms with van der Waals surface area (Å²) in [7, 11) is 1.30. The van der Waals surface area contributed by atoms with Crippen LogP contribution in [0.15, 0.2) is 18.5 Å². The van der Waals surface area contributed by atoms with Gasteiger partial charge < -0.3 is 14.8 Å². The van der Waals surface area contributed by atoms with Gasteiger partial charge >= 0.3 is 5.97 Å². The van der Waals surface area contributed by atoms with Crippen molar-refractivity contribution in [2.45, 2.75) is 6.61 Å². The van der Waals surface area contributed by atoms with E-state index in [1.807, 2.05) is 0 Å². The second-order valence-corrected chi connectivity index (χ2v) is 3.05. The molecule has 1 aromatic heterocycles. The molecule has 1 heterocycles. The number of aromatic amines is 1. The molecule has 0 amide bonds. The number of H-pyrrole nitrogens is 1. The number of nitrogens with zero attached hydrogens (tertiary/aromatic N) is 1. The number of carbonyl (C=O) groups is 1. The van der Waals surface area contributed by atoms with Gasteiger partial charge in [0.05, 0.1) is 31.1 Å². The van der Waals surface area contributed by atoms with Crippen LogP contribution in [0.25, 0.3) is 11.0 Å². The number of carbonyl (C=O) groups excluding carboxylic acids is 1. The molecule has 0 radical (unpaired) electrons. The maximum Gasteiger partial charge on any atom is 0.340 e. The topological polar surface area (TPSA) is 75.2 Å². The Bertz CT molecular complexity index is 504. The Balaban J connectivity index is 2.74. The predicted molar refractivity (Wildman–Crippen MR) is 53.4 cm³/mol. The van der Waals surface area contributed by atoms with Crippen LogP contribution in [0, 0.1) is 0 Å². The third kappa shape index (κ3) is 1.46. The maximum atomic E-state index is 11.5. The molecule has 2 aromatic rings. The van der Waals surface area contributed by atoms with Crippen LogP contribution in [-0.2, 0) is 11.3 Å². The van der Waals surface area contributed by atoms with Crippen molar-refractivity contribution in [1.29, 1.82) is 0 Å². The van der Waals surface area contributed by atoms with Gasteiger partial charge in [-0.05, 0) is 11.6 Å². The fraction of sp³-hybridized carbons (Fsp3) is 0.200. The lowest BCUT2D eigenvalue weighted by Gasteiger charge is -2.05. The molecule has 5 heteroatoms. The largest absolute Gasteiger partial charge is 0.465 e. The molecule has 0 saturated heterocycles. The molecule has 0 saturated carbocycles. The van der Waals surface area contributed by atoms with Crippen LogP contribution in [0.4, 0.5) is 0 Å². The molecule has 1 aromatic carbocycles. The molecule has 0 aliphatic rings. The lowest BCUT2D eigenvalue weighted by Crippen LogP contribution is -2.06. The summed E-state index contributed by atoms with van der Waals surface area (Å²) in [6.45, 7) is -0.215. The summed E-state index contributed by atoms with van der Waals surface area (Å²) < 4.78 is 4.65. The van der Waals surface area contributed by atoms with E-state index in [9.17, 15) is 4.79 Å². The quantitative estimate of drug-likeness (QED) is 0.714. The number of ether oxygens (including phenoxy) is 1. The molecule has 2 N–H and O–H groups in total. The van der Waals surface area contributed by atoms with E-state index in [2.05, 4.69) is 14.7 Å². The van der Waals surface area contributed by atoms with Gasteiger partial charge in [-0.3, -0.25) is 0 Å². The number of aliphatic hydroxyl groups excluding tert-OH is 1. The Morgan fingerprint density at radius 1 is 1.60 bits per heavy atom. The first kappa shape index (κ1) is 9.67. The van der Waals surface area contributed by atoms with Crippen LogP contribution < -0.4 is 0 Å². The highest BCUT2D eigenvalue weighted by atomic mass is 16.5. The fourth-order valence-corrected chi connectivity index (χ4v) is 1.51. The van der Waals surface area contributed by atoms with Crippen molar-refractivity contribution in [3.8, 4) is 0 Å². The minimum Gasteiger partial charge on any atom is -0.465 e. The third-order valence-corrected chi connectivity index (χ3v) is 2.24. The highest BCUT2D eigenvalue weighted by Gasteiger charge is 2.16. The normalized spacial score (nSPS) is 10.5. The number of methoxy groups -OCH3 is 1. The molecule has 15 heavy (non-hydrogen) atoms. The molecule has 78 valence electrons. The van der Waals surface area contributed by atoms with Gasteiger partial charge in [0, 0.05) is 0 Å². The van der Waals surface area contributed by atoms with Crippen LogP contribution in [0.3, 0.4) is 0 Å². The minimum absolute atomic E-state index is 0.215. The molecule has 0 unspecified atom stereocenters. The van der Waals surface area contributed by atoms with Crippen molar-refractivity contribution in [2.24, 2.45) is 0 Å². The van der Waals surface area contributed by atoms with Crippen LogP contribution in [0.2, 0.25) is 0 Å². The van der Waals surface area contributed by atoms with Gasteiger partial charge in [0.15, 0.2) is 0 Å². The highest BCUT2D eigenvalue weighted by molar-refractivity contribution is 6.03. The Labute approximate surface area is 85.7 Å². The van der Waals surface area contributed by atoms with E-state index in [1.165, 1.54) is 13.4 Å². The van der Waals surface area contributed by atoms with Gasteiger partial charge in [-0.25, -0.2) is 9.78 Å². The van der Waals surface area contributed by atoms with E-state index in [4.69, 9.17) is 5.11 Å². The first-order valence-corrected chi connectivity index (χ1v) is 4.42. The van der Waals surface area contributed by atoms with E-state index in [1.54, 1.807) is 12.1 Å². The number of aromatic nitrogens is 2. The molecule has 0 fully saturated rings. The molecule has 0 bridgehead atoms. The lowest BCUT2D eigenvalue weighted by atomic mass is 10.1. The van der Waals surface area contributed by atoms with Crippen molar-refractivity contribution in [1.82, 2.24) is 9.97 Å². The van der Waals surface area contributed by atoms with Gasteiger partial charge in [0.2, 0.25) is 0 Å². The SMILES string of the molecule is COC(=O)c1c(CO)ccc2[nH]cnc12. The van der Waals surface area contributed by atoms with Crippen molar-refractivity contribution in [3.05, 3.63) is 29.6 Å². The van der Waals surface area contributed by atoms with Gasteiger partial charge in [-0.1, -0.05) is 6.07 Å². The highest BCUT2D eigenvalue weighted by Crippen LogP contribution is 2.20. The average molecular weight is 206 g/mol. The molecule has 0 spiro atoms. The zero-order chi connectivity index (χ0) is 10.8. The molecular formula is C10H10N2O3. The summed E-state index contributed by atoms with van der Waals surface area (Å²) in [6, 6.07) is 3.44. The first-order chi connectivity index (χ1) is 7.27. The first-order valence-electron chi connectivity index (χ1n) is 4.42. The van der Waals surface area contributed by atoms with E-state index < -0.39 is 5.97 Å².